The molecule has 0 saturated carbocycles. The first kappa shape index (κ1) is 15.0. The molecule has 0 fully saturated rings. The lowest BCUT2D eigenvalue weighted by Crippen LogP contribution is -2.21. The predicted molar refractivity (Wildman–Crippen MR) is 77.5 cm³/mol. The van der Waals surface area contributed by atoms with Gasteiger partial charge in [0, 0.05) is 6.07 Å². The Hall–Kier alpha value is -2.39. The van der Waals surface area contributed by atoms with Crippen LogP contribution in [0.1, 0.15) is 10.4 Å². The average Bonchev–Trinajstić information content (AvgIpc) is 2.85. The van der Waals surface area contributed by atoms with Crippen molar-refractivity contribution < 1.29 is 19.4 Å². The summed E-state index contributed by atoms with van der Waals surface area (Å²) in [5.41, 5.74) is -0.000238. The highest BCUT2D eigenvalue weighted by Crippen LogP contribution is 2.23. The number of urea groups is 1. The number of halogens is 1. The van der Waals surface area contributed by atoms with Crippen LogP contribution in [0.4, 0.5) is 15.7 Å². The minimum atomic E-state index is -1.13. The lowest BCUT2D eigenvalue weighted by atomic mass is 10.3. The molecule has 2 aromatic rings. The first-order valence-electron chi connectivity index (χ1n) is 5.47. The van der Waals surface area contributed by atoms with E-state index >= 15 is 0 Å². The van der Waals surface area contributed by atoms with Crippen LogP contribution in [0.15, 0.2) is 17.5 Å². The van der Waals surface area contributed by atoms with Crippen molar-refractivity contribution in [2.75, 3.05) is 17.7 Å². The number of methoxy groups -OCH3 is 1. The van der Waals surface area contributed by atoms with Crippen molar-refractivity contribution >= 4 is 45.9 Å². The maximum Gasteiger partial charge on any atom is 0.338 e. The summed E-state index contributed by atoms with van der Waals surface area (Å²) in [5, 5.41) is 15.5. The number of carbonyl (C=O) groups is 2. The molecule has 0 aliphatic heterocycles. The molecule has 0 bridgehead atoms. The van der Waals surface area contributed by atoms with Gasteiger partial charge in [-0.3, -0.25) is 10.6 Å². The minimum absolute atomic E-state index is 0.000238. The molecule has 0 saturated heterocycles. The van der Waals surface area contributed by atoms with E-state index in [0.29, 0.717) is 0 Å². The highest BCUT2D eigenvalue weighted by Gasteiger charge is 2.15. The van der Waals surface area contributed by atoms with Gasteiger partial charge in [0.25, 0.3) is 0 Å². The summed E-state index contributed by atoms with van der Waals surface area (Å²) >= 11 is 6.83. The van der Waals surface area contributed by atoms with Gasteiger partial charge in [-0.25, -0.2) is 14.6 Å². The summed E-state index contributed by atoms with van der Waals surface area (Å²) in [5.74, 6) is -1.01. The Bertz CT molecular complexity index is 691. The lowest BCUT2D eigenvalue weighted by molar-refractivity contribution is 0.0698. The van der Waals surface area contributed by atoms with E-state index in [-0.39, 0.29) is 27.5 Å². The number of carboxylic acid groups (broad SMARTS) is 1. The SMILES string of the molecule is COc1cc(Cl)nc(NC(=O)Nc2sccc2C(=O)O)n1. The van der Waals surface area contributed by atoms with E-state index in [1.54, 1.807) is 5.38 Å². The van der Waals surface area contributed by atoms with Crippen molar-refractivity contribution in [3.05, 3.63) is 28.2 Å². The quantitative estimate of drug-likeness (QED) is 0.743. The van der Waals surface area contributed by atoms with E-state index in [9.17, 15) is 9.59 Å². The second kappa shape index (κ2) is 6.37. The molecular formula is C11H9ClN4O4S. The van der Waals surface area contributed by atoms with Gasteiger partial charge in [0.1, 0.15) is 10.2 Å². The number of anilines is 2. The molecule has 2 aromatic heterocycles. The predicted octanol–water partition coefficient (Wildman–Crippen LogP) is 2.54. The van der Waals surface area contributed by atoms with Crippen molar-refractivity contribution in [1.29, 1.82) is 0 Å². The number of rotatable bonds is 4. The Balaban J connectivity index is 2.10. The molecule has 110 valence electrons. The Morgan fingerprint density at radius 3 is 2.81 bits per heavy atom. The summed E-state index contributed by atoms with van der Waals surface area (Å²) in [7, 11) is 1.40. The largest absolute Gasteiger partial charge is 0.481 e. The van der Waals surface area contributed by atoms with Gasteiger partial charge in [-0.1, -0.05) is 11.6 Å². The molecule has 0 aliphatic rings. The fourth-order valence-corrected chi connectivity index (χ4v) is 2.32. The smallest absolute Gasteiger partial charge is 0.338 e. The van der Waals surface area contributed by atoms with E-state index in [1.165, 1.54) is 19.2 Å². The minimum Gasteiger partial charge on any atom is -0.481 e. The third-order valence-electron chi connectivity index (χ3n) is 2.23. The number of amides is 2. The first-order chi connectivity index (χ1) is 9.99. The van der Waals surface area contributed by atoms with Gasteiger partial charge >= 0.3 is 12.0 Å². The van der Waals surface area contributed by atoms with E-state index < -0.39 is 12.0 Å². The number of aromatic nitrogens is 2. The summed E-state index contributed by atoms with van der Waals surface area (Å²) in [6.07, 6.45) is 0. The molecule has 2 rings (SSSR count). The van der Waals surface area contributed by atoms with Crippen LogP contribution in [0.25, 0.3) is 0 Å². The number of thiophene rings is 1. The number of hydrogen-bond donors (Lipinski definition) is 3. The molecule has 0 atom stereocenters. The number of carbonyl (C=O) groups excluding carboxylic acids is 1. The van der Waals surface area contributed by atoms with Crippen molar-refractivity contribution in [3.8, 4) is 5.88 Å². The Morgan fingerprint density at radius 1 is 1.38 bits per heavy atom. The highest BCUT2D eigenvalue weighted by atomic mass is 35.5. The Kier molecular flexibility index (Phi) is 4.55. The van der Waals surface area contributed by atoms with Crippen LogP contribution in [-0.2, 0) is 0 Å². The zero-order chi connectivity index (χ0) is 15.4. The number of nitrogens with zero attached hydrogens (tertiary/aromatic N) is 2. The van der Waals surface area contributed by atoms with Gasteiger partial charge in [-0.05, 0) is 11.4 Å². The van der Waals surface area contributed by atoms with Gasteiger partial charge in [0.15, 0.2) is 0 Å². The highest BCUT2D eigenvalue weighted by molar-refractivity contribution is 7.14. The fraction of sp³-hybridized carbons (Fsp3) is 0.0909. The van der Waals surface area contributed by atoms with Gasteiger partial charge in [-0.15, -0.1) is 11.3 Å². The van der Waals surface area contributed by atoms with Crippen LogP contribution in [0.3, 0.4) is 0 Å². The summed E-state index contributed by atoms with van der Waals surface area (Å²) < 4.78 is 4.89. The van der Waals surface area contributed by atoms with Crippen LogP contribution < -0.4 is 15.4 Å². The molecule has 0 spiro atoms. The second-order valence-electron chi connectivity index (χ2n) is 3.60. The number of aromatic carboxylic acids is 1. The molecule has 2 amide bonds. The van der Waals surface area contributed by atoms with Crippen LogP contribution in [-0.4, -0.2) is 34.2 Å². The average molecular weight is 329 g/mol. The molecule has 8 nitrogen and oxygen atoms in total. The molecule has 0 aliphatic carbocycles. The van der Waals surface area contributed by atoms with Crippen molar-refractivity contribution in [2.45, 2.75) is 0 Å². The van der Waals surface area contributed by atoms with E-state index in [4.69, 9.17) is 21.4 Å². The zero-order valence-electron chi connectivity index (χ0n) is 10.6. The zero-order valence-corrected chi connectivity index (χ0v) is 12.2. The van der Waals surface area contributed by atoms with Crippen LogP contribution in [0.2, 0.25) is 5.15 Å². The number of carboxylic acids is 1. The third kappa shape index (κ3) is 3.80. The van der Waals surface area contributed by atoms with Crippen LogP contribution in [0.5, 0.6) is 5.88 Å². The van der Waals surface area contributed by atoms with Crippen molar-refractivity contribution in [2.24, 2.45) is 0 Å². The molecular weight excluding hydrogens is 320 g/mol. The van der Waals surface area contributed by atoms with E-state index in [1.807, 2.05) is 0 Å². The number of hydrogen-bond acceptors (Lipinski definition) is 6. The molecule has 21 heavy (non-hydrogen) atoms. The summed E-state index contributed by atoms with van der Waals surface area (Å²) in [6.45, 7) is 0. The molecule has 3 N–H and O–H groups in total. The Labute approximate surface area is 127 Å². The normalized spacial score (nSPS) is 10.0. The monoisotopic (exact) mass is 328 g/mol. The van der Waals surface area contributed by atoms with Crippen molar-refractivity contribution in [1.82, 2.24) is 9.97 Å². The maximum absolute atomic E-state index is 11.8. The second-order valence-corrected chi connectivity index (χ2v) is 4.91. The molecule has 0 aromatic carbocycles. The first-order valence-corrected chi connectivity index (χ1v) is 6.72. The summed E-state index contributed by atoms with van der Waals surface area (Å²) in [4.78, 5) is 30.4. The molecule has 0 radical (unpaired) electrons. The van der Waals surface area contributed by atoms with Crippen LogP contribution in [0, 0.1) is 0 Å². The van der Waals surface area contributed by atoms with Gasteiger partial charge in [0.05, 0.1) is 12.7 Å². The van der Waals surface area contributed by atoms with Crippen LogP contribution >= 0.6 is 22.9 Å². The molecule has 0 unspecified atom stereocenters. The number of ether oxygens (including phenoxy) is 1. The Morgan fingerprint density at radius 2 is 2.14 bits per heavy atom. The standard InChI is InChI=1S/C11H9ClN4O4S/c1-20-7-4-6(12)13-10(14-7)16-11(19)15-8-5(9(17)18)2-3-21-8/h2-4H,1H3,(H,17,18)(H2,13,14,15,16,19). The van der Waals surface area contributed by atoms with E-state index in [0.717, 1.165) is 11.3 Å². The maximum atomic E-state index is 11.8. The lowest BCUT2D eigenvalue weighted by Gasteiger charge is -2.07. The molecule has 10 heteroatoms. The van der Waals surface area contributed by atoms with Crippen molar-refractivity contribution in [3.63, 3.8) is 0 Å². The third-order valence-corrected chi connectivity index (χ3v) is 3.25. The fourth-order valence-electron chi connectivity index (χ4n) is 1.37. The van der Waals surface area contributed by atoms with Gasteiger partial charge in [0.2, 0.25) is 11.8 Å². The molecule has 2 heterocycles. The van der Waals surface area contributed by atoms with E-state index in [2.05, 4.69) is 20.6 Å². The van der Waals surface area contributed by atoms with Gasteiger partial charge in [-0.2, -0.15) is 4.98 Å². The summed E-state index contributed by atoms with van der Waals surface area (Å²) in [6, 6.07) is 2.08. The van der Waals surface area contributed by atoms with Gasteiger partial charge < -0.3 is 9.84 Å². The topological polar surface area (TPSA) is 113 Å². The number of nitrogens with one attached hydrogen (secondary N) is 2.